The van der Waals surface area contributed by atoms with Crippen LogP contribution in [0.25, 0.3) is 22.0 Å². The van der Waals surface area contributed by atoms with Crippen molar-refractivity contribution in [3.05, 3.63) is 69.8 Å². The van der Waals surface area contributed by atoms with Gasteiger partial charge in [-0.25, -0.2) is 4.39 Å². The number of halogens is 2. The van der Waals surface area contributed by atoms with Gasteiger partial charge in [0.2, 0.25) is 17.4 Å². The van der Waals surface area contributed by atoms with Crippen LogP contribution in [0, 0.1) is 5.82 Å². The predicted molar refractivity (Wildman–Crippen MR) is 120 cm³/mol. The molecule has 0 amide bonds. The molecule has 0 saturated heterocycles. The Morgan fingerprint density at radius 2 is 2.00 bits per heavy atom. The van der Waals surface area contributed by atoms with Gasteiger partial charge in [0.05, 0.1) is 28.4 Å². The normalized spacial score (nSPS) is 16.9. The molecule has 2 aromatic heterocycles. The first kappa shape index (κ1) is 20.4. The van der Waals surface area contributed by atoms with E-state index in [4.69, 9.17) is 16.1 Å². The molecule has 33 heavy (non-hydrogen) atoms. The summed E-state index contributed by atoms with van der Waals surface area (Å²) in [5.41, 5.74) is 2.28. The number of aromatic nitrogens is 2. The van der Waals surface area contributed by atoms with Gasteiger partial charge in [-0.15, -0.1) is 0 Å². The van der Waals surface area contributed by atoms with Gasteiger partial charge >= 0.3 is 0 Å². The Hall–Kier alpha value is -3.16. The molecule has 0 bridgehead atoms. The fraction of sp³-hybridized carbons (Fsp3) is 0.280. The molecule has 2 heterocycles. The third-order valence-electron chi connectivity index (χ3n) is 6.87. The van der Waals surface area contributed by atoms with Crippen molar-refractivity contribution in [2.75, 3.05) is 6.61 Å². The highest BCUT2D eigenvalue weighted by Gasteiger charge is 2.44. The summed E-state index contributed by atoms with van der Waals surface area (Å²) in [6.45, 7) is -0.0172. The minimum atomic E-state index is -0.513. The van der Waals surface area contributed by atoms with Gasteiger partial charge in [0, 0.05) is 33.9 Å². The second kappa shape index (κ2) is 7.17. The lowest BCUT2D eigenvalue weighted by molar-refractivity contribution is 0.0999. The standard InChI is InChI=1S/C25H20ClFN2O4/c26-17-9-20-16(8-15(17)14-4-3-13(7-18(14)27)25(11-30)5-6-25)22(24(32)28-20)23(31)21-10-19(29-33-21)12-1-2-12/h3-4,7-10,12,28,30,32H,1-2,5-6,11H2. The Kier molecular flexibility index (Phi) is 4.44. The molecule has 8 heteroatoms. The van der Waals surface area contributed by atoms with Gasteiger partial charge in [0.15, 0.2) is 0 Å². The molecule has 3 N–H and O–H groups in total. The maximum Gasteiger partial charge on any atom is 0.237 e. The number of aliphatic hydroxyl groups excluding tert-OH is 1. The Balaban J connectivity index is 1.44. The molecule has 0 atom stereocenters. The third-order valence-corrected chi connectivity index (χ3v) is 7.18. The van der Waals surface area contributed by atoms with E-state index in [0.717, 1.165) is 36.9 Å². The van der Waals surface area contributed by atoms with Crippen molar-refractivity contribution in [2.24, 2.45) is 0 Å². The van der Waals surface area contributed by atoms with Crippen LogP contribution in [0.4, 0.5) is 4.39 Å². The van der Waals surface area contributed by atoms with Gasteiger partial charge in [-0.05, 0) is 49.4 Å². The monoisotopic (exact) mass is 466 g/mol. The topological polar surface area (TPSA) is 99.4 Å². The molecule has 2 aromatic carbocycles. The summed E-state index contributed by atoms with van der Waals surface area (Å²) in [7, 11) is 0. The molecule has 2 fully saturated rings. The molecule has 0 unspecified atom stereocenters. The molecule has 4 aromatic rings. The molecule has 2 aliphatic carbocycles. The van der Waals surface area contributed by atoms with E-state index in [1.807, 2.05) is 0 Å². The highest BCUT2D eigenvalue weighted by molar-refractivity contribution is 6.34. The van der Waals surface area contributed by atoms with Gasteiger partial charge in [-0.3, -0.25) is 4.79 Å². The number of aromatic amines is 1. The summed E-state index contributed by atoms with van der Waals surface area (Å²) in [6.07, 6.45) is 3.69. The van der Waals surface area contributed by atoms with Crippen molar-refractivity contribution in [1.82, 2.24) is 10.1 Å². The average molecular weight is 467 g/mol. The first-order valence-corrected chi connectivity index (χ1v) is 11.2. The van der Waals surface area contributed by atoms with Gasteiger partial charge in [0.1, 0.15) is 5.82 Å². The Morgan fingerprint density at radius 3 is 2.67 bits per heavy atom. The second-order valence-electron chi connectivity index (χ2n) is 9.08. The van der Waals surface area contributed by atoms with Crippen molar-refractivity contribution in [1.29, 1.82) is 0 Å². The third kappa shape index (κ3) is 3.26. The van der Waals surface area contributed by atoms with Crippen LogP contribution in [-0.4, -0.2) is 32.7 Å². The number of aliphatic hydroxyl groups is 1. The summed E-state index contributed by atoms with van der Waals surface area (Å²) in [5.74, 6) is -0.934. The number of aromatic hydroxyl groups is 1. The Morgan fingerprint density at radius 1 is 1.21 bits per heavy atom. The first-order chi connectivity index (χ1) is 15.9. The number of hydrogen-bond donors (Lipinski definition) is 3. The second-order valence-corrected chi connectivity index (χ2v) is 9.49. The van der Waals surface area contributed by atoms with Crippen molar-refractivity contribution in [3.8, 4) is 17.0 Å². The Labute approximate surface area is 193 Å². The zero-order chi connectivity index (χ0) is 22.9. The van der Waals surface area contributed by atoms with E-state index in [0.29, 0.717) is 22.4 Å². The van der Waals surface area contributed by atoms with Crippen LogP contribution in [0.2, 0.25) is 5.02 Å². The predicted octanol–water partition coefficient (Wildman–Crippen LogP) is 5.45. The van der Waals surface area contributed by atoms with Gasteiger partial charge in [-0.2, -0.15) is 0 Å². The van der Waals surface area contributed by atoms with E-state index < -0.39 is 11.6 Å². The van der Waals surface area contributed by atoms with E-state index >= 15 is 4.39 Å². The maximum absolute atomic E-state index is 15.1. The average Bonchev–Trinajstić information content (AvgIpc) is 3.72. The van der Waals surface area contributed by atoms with Crippen LogP contribution in [-0.2, 0) is 5.41 Å². The van der Waals surface area contributed by atoms with E-state index in [-0.39, 0.29) is 39.8 Å². The zero-order valence-corrected chi connectivity index (χ0v) is 18.2. The highest BCUT2D eigenvalue weighted by Crippen LogP contribution is 2.48. The largest absolute Gasteiger partial charge is 0.494 e. The summed E-state index contributed by atoms with van der Waals surface area (Å²) in [6, 6.07) is 9.64. The van der Waals surface area contributed by atoms with Crippen LogP contribution < -0.4 is 0 Å². The first-order valence-electron chi connectivity index (χ1n) is 10.9. The van der Waals surface area contributed by atoms with Crippen LogP contribution in [0.3, 0.4) is 0 Å². The molecule has 2 saturated carbocycles. The van der Waals surface area contributed by atoms with E-state index in [9.17, 15) is 15.0 Å². The number of nitrogens with one attached hydrogen (secondary N) is 1. The van der Waals surface area contributed by atoms with Crippen LogP contribution in [0.15, 0.2) is 40.9 Å². The van der Waals surface area contributed by atoms with E-state index in [1.165, 1.54) is 6.07 Å². The van der Waals surface area contributed by atoms with Crippen molar-refractivity contribution >= 4 is 28.3 Å². The number of benzene rings is 2. The molecule has 6 nitrogen and oxygen atoms in total. The van der Waals surface area contributed by atoms with Crippen LogP contribution >= 0.6 is 11.6 Å². The van der Waals surface area contributed by atoms with Crippen LogP contribution in [0.5, 0.6) is 5.88 Å². The number of carbonyl (C=O) groups is 1. The summed E-state index contributed by atoms with van der Waals surface area (Å²) in [4.78, 5) is 15.9. The maximum atomic E-state index is 15.1. The molecule has 2 aliphatic rings. The van der Waals surface area contributed by atoms with Crippen molar-refractivity contribution in [2.45, 2.75) is 37.0 Å². The molecule has 0 radical (unpaired) electrons. The SMILES string of the molecule is O=C(c1cc(C2CC2)no1)c1c(O)[nH]c2cc(Cl)c(-c3ccc(C4(CO)CC4)cc3F)cc12. The quantitative estimate of drug-likeness (QED) is 0.328. The lowest BCUT2D eigenvalue weighted by Gasteiger charge is -2.14. The highest BCUT2D eigenvalue weighted by atomic mass is 35.5. The molecular weight excluding hydrogens is 447 g/mol. The summed E-state index contributed by atoms with van der Waals surface area (Å²) >= 11 is 6.46. The fourth-order valence-corrected chi connectivity index (χ4v) is 4.75. The van der Waals surface area contributed by atoms with Gasteiger partial charge < -0.3 is 19.7 Å². The number of fused-ring (bicyclic) bond motifs is 1. The smallest absolute Gasteiger partial charge is 0.237 e. The molecule has 0 aliphatic heterocycles. The lowest BCUT2D eigenvalue weighted by Crippen LogP contribution is -2.12. The van der Waals surface area contributed by atoms with E-state index in [1.54, 1.807) is 30.3 Å². The van der Waals surface area contributed by atoms with Crippen molar-refractivity contribution in [3.63, 3.8) is 0 Å². The Bertz CT molecular complexity index is 1430. The number of carbonyl (C=O) groups excluding carboxylic acids is 1. The summed E-state index contributed by atoms with van der Waals surface area (Å²) < 4.78 is 20.4. The minimum absolute atomic E-state index is 0.0172. The molecule has 168 valence electrons. The van der Waals surface area contributed by atoms with Gasteiger partial charge in [0.25, 0.3) is 0 Å². The summed E-state index contributed by atoms with van der Waals surface area (Å²) in [5, 5.41) is 24.8. The number of rotatable bonds is 6. The van der Waals surface area contributed by atoms with E-state index in [2.05, 4.69) is 10.1 Å². The molecule has 6 rings (SSSR count). The zero-order valence-electron chi connectivity index (χ0n) is 17.5. The minimum Gasteiger partial charge on any atom is -0.494 e. The fourth-order valence-electron chi connectivity index (χ4n) is 4.48. The molecular formula is C25H20ClFN2O4. The number of nitrogens with zero attached hydrogens (tertiary/aromatic N) is 1. The lowest BCUT2D eigenvalue weighted by atomic mass is 9.93. The molecule has 0 spiro atoms. The number of ketones is 1. The number of hydrogen-bond acceptors (Lipinski definition) is 5. The number of H-pyrrole nitrogens is 1. The van der Waals surface area contributed by atoms with Crippen molar-refractivity contribution < 1.29 is 23.9 Å². The van der Waals surface area contributed by atoms with Gasteiger partial charge in [-0.1, -0.05) is 28.9 Å². The van der Waals surface area contributed by atoms with Crippen LogP contribution in [0.1, 0.15) is 59.0 Å².